The molecule has 2 amide bonds. The highest BCUT2D eigenvalue weighted by molar-refractivity contribution is 5.97. The van der Waals surface area contributed by atoms with Crippen molar-refractivity contribution < 1.29 is 9.59 Å². The van der Waals surface area contributed by atoms with Gasteiger partial charge in [0.2, 0.25) is 0 Å². The smallest absolute Gasteiger partial charge is 0.251 e. The topological polar surface area (TPSA) is 61.4 Å². The molecule has 0 aromatic heterocycles. The second-order valence-electron chi connectivity index (χ2n) is 4.99. The lowest BCUT2D eigenvalue weighted by molar-refractivity contribution is 0.0943. The largest absolute Gasteiger partial charge is 0.352 e. The number of nitrogens with zero attached hydrogens (tertiary/aromatic N) is 1. The van der Waals surface area contributed by atoms with Gasteiger partial charge >= 0.3 is 0 Å². The molecule has 0 fully saturated rings. The van der Waals surface area contributed by atoms with Crippen LogP contribution in [0.15, 0.2) is 36.9 Å². The molecular weight excluding hydrogens is 266 g/mol. The Hall–Kier alpha value is -2.14. The van der Waals surface area contributed by atoms with Crippen LogP contribution >= 0.6 is 0 Å². The van der Waals surface area contributed by atoms with Crippen molar-refractivity contribution in [1.82, 2.24) is 15.5 Å². The third-order valence-electron chi connectivity index (χ3n) is 2.88. The van der Waals surface area contributed by atoms with Gasteiger partial charge in [0.25, 0.3) is 11.8 Å². The van der Waals surface area contributed by atoms with Crippen LogP contribution in [0.1, 0.15) is 27.1 Å². The van der Waals surface area contributed by atoms with E-state index in [1.807, 2.05) is 14.1 Å². The summed E-state index contributed by atoms with van der Waals surface area (Å²) in [5.74, 6) is -0.292. The zero-order valence-corrected chi connectivity index (χ0v) is 12.7. The highest BCUT2D eigenvalue weighted by Crippen LogP contribution is 2.04. The average Bonchev–Trinajstić information content (AvgIpc) is 2.49. The van der Waals surface area contributed by atoms with E-state index in [1.54, 1.807) is 30.3 Å². The van der Waals surface area contributed by atoms with E-state index >= 15 is 0 Å². The predicted molar refractivity (Wildman–Crippen MR) is 84.5 cm³/mol. The molecule has 114 valence electrons. The van der Waals surface area contributed by atoms with E-state index in [9.17, 15) is 9.59 Å². The molecule has 0 aliphatic rings. The molecule has 0 spiro atoms. The standard InChI is InChI=1S/C16H23N3O2/c1-4-10-17-15(20)13-6-8-14(9-7-13)16(21)18-11-5-12-19(2)3/h4,6-9H,1,5,10-12H2,2-3H3,(H,17,20)(H,18,21). The molecule has 0 heterocycles. The number of rotatable bonds is 8. The number of carbonyl (C=O) groups excluding carboxylic acids is 2. The number of hydrogen-bond acceptors (Lipinski definition) is 3. The van der Waals surface area contributed by atoms with Gasteiger partial charge < -0.3 is 15.5 Å². The second kappa shape index (κ2) is 8.92. The van der Waals surface area contributed by atoms with Gasteiger partial charge in [-0.1, -0.05) is 6.08 Å². The number of benzene rings is 1. The molecule has 0 aliphatic heterocycles. The maximum absolute atomic E-state index is 11.9. The van der Waals surface area contributed by atoms with Crippen LogP contribution in [0, 0.1) is 0 Å². The van der Waals surface area contributed by atoms with E-state index in [4.69, 9.17) is 0 Å². The lowest BCUT2D eigenvalue weighted by Gasteiger charge is -2.10. The van der Waals surface area contributed by atoms with E-state index in [0.717, 1.165) is 13.0 Å². The van der Waals surface area contributed by atoms with Crippen molar-refractivity contribution in [3.63, 3.8) is 0 Å². The molecular formula is C16H23N3O2. The van der Waals surface area contributed by atoms with Gasteiger partial charge in [-0.3, -0.25) is 9.59 Å². The Morgan fingerprint density at radius 1 is 1.10 bits per heavy atom. The van der Waals surface area contributed by atoms with E-state index in [-0.39, 0.29) is 11.8 Å². The summed E-state index contributed by atoms with van der Waals surface area (Å²) < 4.78 is 0. The van der Waals surface area contributed by atoms with Crippen molar-refractivity contribution in [3.8, 4) is 0 Å². The molecule has 0 unspecified atom stereocenters. The fourth-order valence-corrected chi connectivity index (χ4v) is 1.74. The van der Waals surface area contributed by atoms with Gasteiger partial charge in [0.15, 0.2) is 0 Å². The average molecular weight is 289 g/mol. The lowest BCUT2D eigenvalue weighted by atomic mass is 10.1. The quantitative estimate of drug-likeness (QED) is 0.560. The van der Waals surface area contributed by atoms with Crippen LogP contribution in [0.3, 0.4) is 0 Å². The summed E-state index contributed by atoms with van der Waals surface area (Å²) in [5, 5.41) is 5.55. The lowest BCUT2D eigenvalue weighted by Crippen LogP contribution is -2.27. The molecule has 5 heteroatoms. The van der Waals surface area contributed by atoms with Crippen molar-refractivity contribution in [2.45, 2.75) is 6.42 Å². The minimum absolute atomic E-state index is 0.119. The predicted octanol–water partition coefficient (Wildman–Crippen LogP) is 1.28. The molecule has 0 radical (unpaired) electrons. The van der Waals surface area contributed by atoms with Crippen molar-refractivity contribution in [3.05, 3.63) is 48.0 Å². The summed E-state index contributed by atoms with van der Waals surface area (Å²) in [4.78, 5) is 25.7. The molecule has 1 aromatic carbocycles. The maximum Gasteiger partial charge on any atom is 0.251 e. The van der Waals surface area contributed by atoms with Gasteiger partial charge in [-0.05, 0) is 51.3 Å². The summed E-state index contributed by atoms with van der Waals surface area (Å²) in [6.07, 6.45) is 2.52. The number of hydrogen-bond donors (Lipinski definition) is 2. The number of nitrogens with one attached hydrogen (secondary N) is 2. The van der Waals surface area contributed by atoms with Gasteiger partial charge in [0, 0.05) is 24.2 Å². The van der Waals surface area contributed by atoms with Crippen molar-refractivity contribution in [1.29, 1.82) is 0 Å². The van der Waals surface area contributed by atoms with Crippen molar-refractivity contribution >= 4 is 11.8 Å². The third-order valence-corrected chi connectivity index (χ3v) is 2.88. The highest BCUT2D eigenvalue weighted by atomic mass is 16.2. The molecule has 0 saturated carbocycles. The molecule has 0 atom stereocenters. The Balaban J connectivity index is 2.47. The number of carbonyl (C=O) groups is 2. The van der Waals surface area contributed by atoms with Crippen molar-refractivity contribution in [2.24, 2.45) is 0 Å². The van der Waals surface area contributed by atoms with Crippen LogP contribution in [-0.2, 0) is 0 Å². The Morgan fingerprint density at radius 3 is 2.10 bits per heavy atom. The zero-order valence-electron chi connectivity index (χ0n) is 12.7. The molecule has 0 bridgehead atoms. The van der Waals surface area contributed by atoms with Gasteiger partial charge in [-0.2, -0.15) is 0 Å². The molecule has 2 N–H and O–H groups in total. The molecule has 0 aliphatic carbocycles. The fourth-order valence-electron chi connectivity index (χ4n) is 1.74. The zero-order chi connectivity index (χ0) is 15.7. The van der Waals surface area contributed by atoms with Crippen LogP contribution in [0.5, 0.6) is 0 Å². The van der Waals surface area contributed by atoms with E-state index in [0.29, 0.717) is 24.2 Å². The summed E-state index contributed by atoms with van der Waals surface area (Å²) in [6, 6.07) is 6.61. The van der Waals surface area contributed by atoms with Gasteiger partial charge in [-0.25, -0.2) is 0 Å². The second-order valence-corrected chi connectivity index (χ2v) is 4.99. The monoisotopic (exact) mass is 289 g/mol. The van der Waals surface area contributed by atoms with Gasteiger partial charge in [0.1, 0.15) is 0 Å². The van der Waals surface area contributed by atoms with Gasteiger partial charge in [0.05, 0.1) is 0 Å². The SMILES string of the molecule is C=CCNC(=O)c1ccc(C(=O)NCCCN(C)C)cc1. The minimum Gasteiger partial charge on any atom is -0.352 e. The minimum atomic E-state index is -0.173. The summed E-state index contributed by atoms with van der Waals surface area (Å²) >= 11 is 0. The molecule has 21 heavy (non-hydrogen) atoms. The first-order valence-corrected chi connectivity index (χ1v) is 6.96. The first-order valence-electron chi connectivity index (χ1n) is 6.96. The Bertz CT molecular complexity index is 481. The Morgan fingerprint density at radius 2 is 1.62 bits per heavy atom. The van der Waals surface area contributed by atoms with E-state index in [1.165, 1.54) is 0 Å². The van der Waals surface area contributed by atoms with Crippen LogP contribution < -0.4 is 10.6 Å². The molecule has 1 aromatic rings. The molecule has 5 nitrogen and oxygen atoms in total. The van der Waals surface area contributed by atoms with Gasteiger partial charge in [-0.15, -0.1) is 6.58 Å². The van der Waals surface area contributed by atoms with Crippen LogP contribution in [0.25, 0.3) is 0 Å². The van der Waals surface area contributed by atoms with Crippen LogP contribution in [-0.4, -0.2) is 50.4 Å². The Kier molecular flexibility index (Phi) is 7.18. The Labute approximate surface area is 126 Å². The number of amides is 2. The summed E-state index contributed by atoms with van der Waals surface area (Å²) in [5.41, 5.74) is 1.08. The van der Waals surface area contributed by atoms with Crippen molar-refractivity contribution in [2.75, 3.05) is 33.7 Å². The first kappa shape index (κ1) is 16.9. The van der Waals surface area contributed by atoms with E-state index < -0.39 is 0 Å². The molecule has 1 rings (SSSR count). The summed E-state index contributed by atoms with van der Waals surface area (Å²) in [6.45, 7) is 5.53. The summed E-state index contributed by atoms with van der Waals surface area (Å²) in [7, 11) is 4.00. The third kappa shape index (κ3) is 6.23. The normalized spacial score (nSPS) is 10.2. The highest BCUT2D eigenvalue weighted by Gasteiger charge is 2.07. The molecule has 0 saturated heterocycles. The van der Waals surface area contributed by atoms with E-state index in [2.05, 4.69) is 22.1 Å². The van der Waals surface area contributed by atoms with Crippen LogP contribution in [0.2, 0.25) is 0 Å². The first-order chi connectivity index (χ1) is 10.0. The maximum atomic E-state index is 11.9. The fraction of sp³-hybridized carbons (Fsp3) is 0.375. The van der Waals surface area contributed by atoms with Crippen LogP contribution in [0.4, 0.5) is 0 Å².